The molecule has 4 N–H and O–H groups in total. The number of ether oxygens (including phenoxy) is 2. The molecule has 0 bridgehead atoms. The van der Waals surface area contributed by atoms with Gasteiger partial charge in [-0.1, -0.05) is 0 Å². The van der Waals surface area contributed by atoms with Crippen LogP contribution >= 0.6 is 0 Å². The smallest absolute Gasteiger partial charge is 0.419 e. The van der Waals surface area contributed by atoms with E-state index in [4.69, 9.17) is 11.5 Å². The Morgan fingerprint density at radius 1 is 0.654 bits per heavy atom. The van der Waals surface area contributed by atoms with E-state index in [1.807, 2.05) is 0 Å². The van der Waals surface area contributed by atoms with Crippen molar-refractivity contribution in [2.45, 2.75) is 12.4 Å². The first-order chi connectivity index (χ1) is 11.9. The minimum Gasteiger partial charge on any atom is -0.496 e. The molecule has 2 aromatic rings. The second-order valence-electron chi connectivity index (χ2n) is 4.91. The number of hydrogen-bond donors (Lipinski definition) is 2. The maximum atomic E-state index is 12.2. The lowest BCUT2D eigenvalue weighted by atomic mass is 10.2. The molecule has 0 saturated heterocycles. The Kier molecular flexibility index (Phi) is 6.60. The van der Waals surface area contributed by atoms with Gasteiger partial charge in [0.25, 0.3) is 0 Å². The van der Waals surface area contributed by atoms with Crippen molar-refractivity contribution in [2.75, 3.05) is 25.7 Å². The fourth-order valence-electron chi connectivity index (χ4n) is 1.88. The van der Waals surface area contributed by atoms with Gasteiger partial charge in [-0.05, 0) is 24.3 Å². The minimum absolute atomic E-state index is 0.241. The Morgan fingerprint density at radius 3 is 1.19 bits per heavy atom. The number of nitrogen functional groups attached to an aromatic ring is 2. The van der Waals surface area contributed by atoms with Crippen molar-refractivity contribution in [1.82, 2.24) is 0 Å². The molecule has 0 radical (unpaired) electrons. The van der Waals surface area contributed by atoms with Gasteiger partial charge in [-0.25, -0.2) is 0 Å². The summed E-state index contributed by atoms with van der Waals surface area (Å²) in [5.74, 6) is -0.514. The maximum absolute atomic E-state index is 12.2. The molecule has 0 aliphatic heterocycles. The van der Waals surface area contributed by atoms with Crippen LogP contribution in [-0.4, -0.2) is 14.2 Å². The molecule has 0 aromatic heterocycles. The lowest BCUT2D eigenvalue weighted by Crippen LogP contribution is -2.07. The SMILES string of the molecule is COc1cc(N)ccc1C(F)(F)F.COc1cc(N)ccc1C(F)(F)F. The second kappa shape index (κ2) is 8.07. The third-order valence-electron chi connectivity index (χ3n) is 3.06. The zero-order chi connectivity index (χ0) is 20.1. The molecule has 4 nitrogen and oxygen atoms in total. The van der Waals surface area contributed by atoms with Crippen molar-refractivity contribution in [3.05, 3.63) is 47.5 Å². The number of benzene rings is 2. The van der Waals surface area contributed by atoms with E-state index in [1.165, 1.54) is 26.4 Å². The van der Waals surface area contributed by atoms with Crippen LogP contribution in [0.15, 0.2) is 36.4 Å². The van der Waals surface area contributed by atoms with Crippen LogP contribution in [0.3, 0.4) is 0 Å². The van der Waals surface area contributed by atoms with Gasteiger partial charge in [-0.15, -0.1) is 0 Å². The molecule has 0 aliphatic rings. The minimum atomic E-state index is -4.40. The highest BCUT2D eigenvalue weighted by Crippen LogP contribution is 2.37. The van der Waals surface area contributed by atoms with Gasteiger partial charge in [0, 0.05) is 23.5 Å². The molecule has 2 rings (SSSR count). The Morgan fingerprint density at radius 2 is 0.962 bits per heavy atom. The van der Waals surface area contributed by atoms with Gasteiger partial charge in [0.2, 0.25) is 0 Å². The number of hydrogen-bond acceptors (Lipinski definition) is 4. The number of alkyl halides is 6. The summed E-state index contributed by atoms with van der Waals surface area (Å²) in [4.78, 5) is 0. The van der Waals surface area contributed by atoms with Crippen LogP contribution in [0.2, 0.25) is 0 Å². The number of anilines is 2. The Bertz CT molecular complexity index is 681. The summed E-state index contributed by atoms with van der Waals surface area (Å²) in [6, 6.07) is 6.45. The molecule has 0 spiro atoms. The predicted octanol–water partition coefficient (Wildman–Crippen LogP) is 4.59. The van der Waals surface area contributed by atoms with Crippen LogP contribution in [0, 0.1) is 0 Å². The van der Waals surface area contributed by atoms with Crippen molar-refractivity contribution in [2.24, 2.45) is 0 Å². The van der Waals surface area contributed by atoms with Gasteiger partial charge < -0.3 is 20.9 Å². The molecule has 2 aromatic carbocycles. The molecule has 0 unspecified atom stereocenters. The normalized spacial score (nSPS) is 11.4. The van der Waals surface area contributed by atoms with Gasteiger partial charge in [0.15, 0.2) is 0 Å². The predicted molar refractivity (Wildman–Crippen MR) is 84.8 cm³/mol. The summed E-state index contributed by atoms with van der Waals surface area (Å²) >= 11 is 0. The van der Waals surface area contributed by atoms with Gasteiger partial charge in [0.1, 0.15) is 11.5 Å². The fraction of sp³-hybridized carbons (Fsp3) is 0.250. The quantitative estimate of drug-likeness (QED) is 0.589. The Balaban J connectivity index is 0.000000260. The Hall–Kier alpha value is -2.78. The maximum Gasteiger partial charge on any atom is 0.419 e. The van der Waals surface area contributed by atoms with Crippen molar-refractivity contribution in [3.63, 3.8) is 0 Å². The van der Waals surface area contributed by atoms with Crippen LogP contribution in [0.4, 0.5) is 37.7 Å². The van der Waals surface area contributed by atoms with Crippen molar-refractivity contribution in [1.29, 1.82) is 0 Å². The second-order valence-corrected chi connectivity index (χ2v) is 4.91. The van der Waals surface area contributed by atoms with Crippen LogP contribution in [0.5, 0.6) is 11.5 Å². The number of rotatable bonds is 2. The van der Waals surface area contributed by atoms with E-state index in [0.717, 1.165) is 24.3 Å². The molecule has 0 saturated carbocycles. The van der Waals surface area contributed by atoms with Gasteiger partial charge in [-0.3, -0.25) is 0 Å². The van der Waals surface area contributed by atoms with E-state index < -0.39 is 23.5 Å². The highest BCUT2D eigenvalue weighted by atomic mass is 19.4. The van der Waals surface area contributed by atoms with Crippen molar-refractivity contribution < 1.29 is 35.8 Å². The molecule has 0 heterocycles. The van der Waals surface area contributed by atoms with Crippen LogP contribution < -0.4 is 20.9 Å². The lowest BCUT2D eigenvalue weighted by Gasteiger charge is -2.11. The van der Waals surface area contributed by atoms with Crippen LogP contribution in [-0.2, 0) is 12.4 Å². The molecule has 0 fully saturated rings. The third-order valence-corrected chi connectivity index (χ3v) is 3.06. The van der Waals surface area contributed by atoms with Crippen molar-refractivity contribution in [3.8, 4) is 11.5 Å². The first kappa shape index (κ1) is 21.3. The standard InChI is InChI=1S/2C8H8F3NO/c2*1-13-7-4-5(12)2-3-6(7)8(9,10)11/h2*2-4H,12H2,1H3. The molecular formula is C16H16F6N2O2. The zero-order valence-corrected chi connectivity index (χ0v) is 13.7. The summed E-state index contributed by atoms with van der Waals surface area (Å²) in [7, 11) is 2.34. The first-order valence-electron chi connectivity index (χ1n) is 6.91. The molecule has 0 aliphatic carbocycles. The monoisotopic (exact) mass is 382 g/mol. The molecule has 26 heavy (non-hydrogen) atoms. The highest BCUT2D eigenvalue weighted by Gasteiger charge is 2.34. The van der Waals surface area contributed by atoms with E-state index in [2.05, 4.69) is 9.47 Å². The first-order valence-corrected chi connectivity index (χ1v) is 6.91. The third kappa shape index (κ3) is 5.64. The zero-order valence-electron chi connectivity index (χ0n) is 13.7. The summed E-state index contributed by atoms with van der Waals surface area (Å²) in [6.07, 6.45) is -8.81. The molecule has 10 heteroatoms. The summed E-state index contributed by atoms with van der Waals surface area (Å²) < 4.78 is 82.6. The van der Waals surface area contributed by atoms with E-state index in [0.29, 0.717) is 0 Å². The summed E-state index contributed by atoms with van der Waals surface area (Å²) in [6.45, 7) is 0. The van der Waals surface area contributed by atoms with E-state index in [-0.39, 0.29) is 22.9 Å². The molecule has 0 atom stereocenters. The fourth-order valence-corrected chi connectivity index (χ4v) is 1.88. The topological polar surface area (TPSA) is 70.5 Å². The summed E-state index contributed by atoms with van der Waals surface area (Å²) in [5, 5.41) is 0. The summed E-state index contributed by atoms with van der Waals surface area (Å²) in [5.41, 5.74) is 9.45. The molecule has 144 valence electrons. The van der Waals surface area contributed by atoms with E-state index in [1.54, 1.807) is 0 Å². The largest absolute Gasteiger partial charge is 0.496 e. The average molecular weight is 382 g/mol. The Labute approximate surface area is 145 Å². The highest BCUT2D eigenvalue weighted by molar-refractivity contribution is 5.50. The number of methoxy groups -OCH3 is 2. The van der Waals surface area contributed by atoms with Crippen LogP contribution in [0.1, 0.15) is 11.1 Å². The number of nitrogens with two attached hydrogens (primary N) is 2. The number of halogens is 6. The van der Waals surface area contributed by atoms with Crippen molar-refractivity contribution >= 4 is 11.4 Å². The van der Waals surface area contributed by atoms with E-state index >= 15 is 0 Å². The average Bonchev–Trinajstić information content (AvgIpc) is 2.52. The van der Waals surface area contributed by atoms with Gasteiger partial charge in [0.05, 0.1) is 25.3 Å². The van der Waals surface area contributed by atoms with Gasteiger partial charge in [-0.2, -0.15) is 26.3 Å². The van der Waals surface area contributed by atoms with Gasteiger partial charge >= 0.3 is 12.4 Å². The molecular weight excluding hydrogens is 366 g/mol. The van der Waals surface area contributed by atoms with E-state index in [9.17, 15) is 26.3 Å². The lowest BCUT2D eigenvalue weighted by molar-refractivity contribution is -0.139. The van der Waals surface area contributed by atoms with Crippen LogP contribution in [0.25, 0.3) is 0 Å². The molecule has 0 amide bonds.